The molecule has 1 aliphatic rings. The molecule has 1 saturated heterocycles. The zero-order valence-electron chi connectivity index (χ0n) is 15.7. The van der Waals surface area contributed by atoms with Gasteiger partial charge in [-0.3, -0.25) is 10.00 Å². The number of likely N-dealkylation sites (tertiary alicyclic amines) is 1. The van der Waals surface area contributed by atoms with Crippen LogP contribution >= 0.6 is 11.3 Å². The van der Waals surface area contributed by atoms with Gasteiger partial charge in [0.1, 0.15) is 11.6 Å². The van der Waals surface area contributed by atoms with E-state index in [2.05, 4.69) is 27.2 Å². The lowest BCUT2D eigenvalue weighted by atomic mass is 9.97. The molecular weight excluding hydrogens is 390 g/mol. The molecule has 3 heterocycles. The van der Waals surface area contributed by atoms with Crippen LogP contribution in [0.1, 0.15) is 29.3 Å². The molecule has 4 aromatic rings. The first-order valence-corrected chi connectivity index (χ1v) is 10.5. The fraction of sp³-hybridized carbons (Fsp3) is 0.273. The van der Waals surface area contributed by atoms with Crippen LogP contribution in [0.15, 0.2) is 48.7 Å². The molecular formula is C22H20F2N4S. The first kappa shape index (κ1) is 18.4. The van der Waals surface area contributed by atoms with Crippen LogP contribution in [0.5, 0.6) is 0 Å². The molecule has 29 heavy (non-hydrogen) atoms. The molecule has 7 heteroatoms. The Morgan fingerprint density at radius 3 is 2.55 bits per heavy atom. The van der Waals surface area contributed by atoms with Crippen LogP contribution in [0.25, 0.3) is 21.5 Å². The van der Waals surface area contributed by atoms with E-state index in [1.54, 1.807) is 17.5 Å². The van der Waals surface area contributed by atoms with Gasteiger partial charge >= 0.3 is 0 Å². The first-order valence-electron chi connectivity index (χ1n) is 9.73. The number of H-pyrrole nitrogens is 1. The number of halogens is 2. The molecule has 4 nitrogen and oxygen atoms in total. The molecule has 0 amide bonds. The van der Waals surface area contributed by atoms with E-state index in [4.69, 9.17) is 4.98 Å². The molecule has 0 radical (unpaired) electrons. The minimum absolute atomic E-state index is 0.0376. The highest BCUT2D eigenvalue weighted by Gasteiger charge is 2.25. The van der Waals surface area contributed by atoms with E-state index in [1.807, 2.05) is 12.1 Å². The molecule has 0 bridgehead atoms. The van der Waals surface area contributed by atoms with Crippen molar-refractivity contribution in [3.8, 4) is 11.3 Å². The average Bonchev–Trinajstić information content (AvgIpc) is 3.36. The monoisotopic (exact) mass is 410 g/mol. The van der Waals surface area contributed by atoms with E-state index in [-0.39, 0.29) is 5.56 Å². The summed E-state index contributed by atoms with van der Waals surface area (Å²) < 4.78 is 29.6. The minimum Gasteiger partial charge on any atom is -0.299 e. The van der Waals surface area contributed by atoms with Crippen LogP contribution in [0.2, 0.25) is 0 Å². The fourth-order valence-corrected chi connectivity index (χ4v) is 5.16. The number of nitrogens with one attached hydrogen (secondary N) is 1. The molecule has 0 saturated carbocycles. The predicted octanol–water partition coefficient (Wildman–Crippen LogP) is 5.34. The number of hydrogen-bond donors (Lipinski definition) is 1. The standard InChI is InChI=1S/C22H20F2N4S/c23-16-4-3-5-17(24)20(16)21-15(12-25-27-21)13-28-10-8-14(9-11-28)22-26-18-6-1-2-7-19(18)29-22/h1-7,12,14H,8-11,13H2,(H,25,27). The number of thiazole rings is 1. The van der Waals surface area contributed by atoms with Gasteiger partial charge in [-0.2, -0.15) is 5.10 Å². The quantitative estimate of drug-likeness (QED) is 0.494. The Bertz CT molecular complexity index is 1090. The zero-order chi connectivity index (χ0) is 19.8. The molecule has 0 atom stereocenters. The third-order valence-corrected chi connectivity index (χ3v) is 6.77. The number of fused-ring (bicyclic) bond motifs is 1. The third-order valence-electron chi connectivity index (χ3n) is 5.57. The number of aromatic nitrogens is 3. The second-order valence-corrected chi connectivity index (χ2v) is 8.50. The highest BCUT2D eigenvalue weighted by Crippen LogP contribution is 2.35. The average molecular weight is 410 g/mol. The van der Waals surface area contributed by atoms with Gasteiger partial charge in [0.2, 0.25) is 0 Å². The highest BCUT2D eigenvalue weighted by molar-refractivity contribution is 7.18. The van der Waals surface area contributed by atoms with Crippen molar-refractivity contribution in [2.24, 2.45) is 0 Å². The van der Waals surface area contributed by atoms with Gasteiger partial charge < -0.3 is 0 Å². The molecule has 2 aromatic carbocycles. The van der Waals surface area contributed by atoms with Crippen molar-refractivity contribution in [2.45, 2.75) is 25.3 Å². The van der Waals surface area contributed by atoms with Crippen molar-refractivity contribution >= 4 is 21.6 Å². The molecule has 148 valence electrons. The molecule has 1 N–H and O–H groups in total. The van der Waals surface area contributed by atoms with Gasteiger partial charge in [0.15, 0.2) is 0 Å². The van der Waals surface area contributed by atoms with E-state index in [1.165, 1.54) is 27.9 Å². The summed E-state index contributed by atoms with van der Waals surface area (Å²) in [6, 6.07) is 12.2. The van der Waals surface area contributed by atoms with Crippen molar-refractivity contribution in [3.63, 3.8) is 0 Å². The Morgan fingerprint density at radius 1 is 1.03 bits per heavy atom. The highest BCUT2D eigenvalue weighted by atomic mass is 32.1. The topological polar surface area (TPSA) is 44.8 Å². The van der Waals surface area contributed by atoms with Crippen LogP contribution < -0.4 is 0 Å². The summed E-state index contributed by atoms with van der Waals surface area (Å²) in [7, 11) is 0. The maximum absolute atomic E-state index is 14.2. The summed E-state index contributed by atoms with van der Waals surface area (Å²) in [5, 5.41) is 8.03. The first-order chi connectivity index (χ1) is 14.2. The normalized spacial score (nSPS) is 15.9. The van der Waals surface area contributed by atoms with Gasteiger partial charge in [-0.15, -0.1) is 11.3 Å². The van der Waals surface area contributed by atoms with Crippen LogP contribution in [0.3, 0.4) is 0 Å². The molecule has 2 aromatic heterocycles. The zero-order valence-corrected chi connectivity index (χ0v) is 16.6. The van der Waals surface area contributed by atoms with Crippen molar-refractivity contribution in [3.05, 3.63) is 70.9 Å². The van der Waals surface area contributed by atoms with Crippen molar-refractivity contribution < 1.29 is 8.78 Å². The SMILES string of the molecule is Fc1cccc(F)c1-c1[nH]ncc1CN1CCC(c2nc3ccccc3s2)CC1. The minimum atomic E-state index is -0.579. The lowest BCUT2D eigenvalue weighted by Gasteiger charge is -2.31. The Labute approximate surface area is 171 Å². The van der Waals surface area contributed by atoms with Gasteiger partial charge in [-0.05, 0) is 50.2 Å². The Kier molecular flexibility index (Phi) is 4.85. The number of piperidine rings is 1. The van der Waals surface area contributed by atoms with Gasteiger partial charge in [-0.25, -0.2) is 13.8 Å². The second kappa shape index (κ2) is 7.65. The van der Waals surface area contributed by atoms with Crippen LogP contribution in [0.4, 0.5) is 8.78 Å². The van der Waals surface area contributed by atoms with Crippen molar-refractivity contribution in [1.29, 1.82) is 0 Å². The van der Waals surface area contributed by atoms with Crippen molar-refractivity contribution in [2.75, 3.05) is 13.1 Å². The summed E-state index contributed by atoms with van der Waals surface area (Å²) in [5.41, 5.74) is 2.27. The largest absolute Gasteiger partial charge is 0.299 e. The number of rotatable bonds is 4. The van der Waals surface area contributed by atoms with Crippen LogP contribution in [0, 0.1) is 11.6 Å². The Balaban J connectivity index is 1.29. The third kappa shape index (κ3) is 3.56. The van der Waals surface area contributed by atoms with E-state index in [9.17, 15) is 8.78 Å². The number of benzene rings is 2. The summed E-state index contributed by atoms with van der Waals surface area (Å²) in [5.74, 6) is -0.688. The molecule has 0 unspecified atom stereocenters. The van der Waals surface area contributed by atoms with Gasteiger partial charge in [0.05, 0.1) is 32.7 Å². The smallest absolute Gasteiger partial charge is 0.135 e. The lowest BCUT2D eigenvalue weighted by Crippen LogP contribution is -2.32. The summed E-state index contributed by atoms with van der Waals surface area (Å²) in [4.78, 5) is 7.13. The molecule has 0 spiro atoms. The van der Waals surface area contributed by atoms with Gasteiger partial charge in [0, 0.05) is 18.0 Å². The predicted molar refractivity (Wildman–Crippen MR) is 111 cm³/mol. The summed E-state index contributed by atoms with van der Waals surface area (Å²) >= 11 is 1.79. The van der Waals surface area contributed by atoms with E-state index in [0.29, 0.717) is 18.2 Å². The number of aromatic amines is 1. The lowest BCUT2D eigenvalue weighted by molar-refractivity contribution is 0.205. The number of para-hydroxylation sites is 1. The maximum atomic E-state index is 14.2. The number of nitrogens with zero attached hydrogens (tertiary/aromatic N) is 3. The van der Waals surface area contributed by atoms with Gasteiger partial charge in [0.25, 0.3) is 0 Å². The summed E-state index contributed by atoms with van der Waals surface area (Å²) in [6.07, 6.45) is 3.73. The Hall–Kier alpha value is -2.64. The van der Waals surface area contributed by atoms with E-state index in [0.717, 1.165) is 37.0 Å². The number of hydrogen-bond acceptors (Lipinski definition) is 4. The van der Waals surface area contributed by atoms with E-state index < -0.39 is 11.6 Å². The Morgan fingerprint density at radius 2 is 1.79 bits per heavy atom. The van der Waals surface area contributed by atoms with Crippen LogP contribution in [-0.2, 0) is 6.54 Å². The van der Waals surface area contributed by atoms with Crippen LogP contribution in [-0.4, -0.2) is 33.2 Å². The molecule has 1 fully saturated rings. The van der Waals surface area contributed by atoms with E-state index >= 15 is 0 Å². The summed E-state index contributed by atoms with van der Waals surface area (Å²) in [6.45, 7) is 2.46. The fourth-order valence-electron chi connectivity index (χ4n) is 4.03. The molecule has 0 aliphatic carbocycles. The molecule has 5 rings (SSSR count). The second-order valence-electron chi connectivity index (χ2n) is 7.44. The van der Waals surface area contributed by atoms with Gasteiger partial charge in [-0.1, -0.05) is 18.2 Å². The maximum Gasteiger partial charge on any atom is 0.135 e. The van der Waals surface area contributed by atoms with Crippen molar-refractivity contribution in [1.82, 2.24) is 20.1 Å². The molecule has 1 aliphatic heterocycles.